The van der Waals surface area contributed by atoms with Gasteiger partial charge in [-0.05, 0) is 40.9 Å². The second kappa shape index (κ2) is 8.58. The zero-order valence-electron chi connectivity index (χ0n) is 18.6. The lowest BCUT2D eigenvalue weighted by Gasteiger charge is -2.32. The minimum Gasteiger partial charge on any atom is -0.383 e. The molecule has 0 spiro atoms. The molecule has 33 heavy (non-hydrogen) atoms. The molecule has 1 saturated heterocycles. The first kappa shape index (κ1) is 21.6. The van der Waals surface area contributed by atoms with E-state index in [0.29, 0.717) is 17.9 Å². The predicted octanol–water partition coefficient (Wildman–Crippen LogP) is 3.65. The standard InChI is InChI=1S/C23H25BrN8O/c1-3-19(33)31-10-7-14(8-11-31)21-20(24)22(25)32-23(29-21)16(13-28-32)15-4-5-17(26-12-15)18-6-9-27-30(18)2/h4-6,9,12-14H,3,7-8,10-11,25H2,1-2H3. The summed E-state index contributed by atoms with van der Waals surface area (Å²) in [5.41, 5.74) is 11.6. The van der Waals surface area contributed by atoms with Crippen molar-refractivity contribution < 1.29 is 4.79 Å². The highest BCUT2D eigenvalue weighted by Crippen LogP contribution is 2.37. The van der Waals surface area contributed by atoms with Crippen molar-refractivity contribution in [1.29, 1.82) is 0 Å². The van der Waals surface area contributed by atoms with Gasteiger partial charge in [0.05, 0.1) is 27.8 Å². The topological polar surface area (TPSA) is 107 Å². The van der Waals surface area contributed by atoms with Crippen LogP contribution in [0.15, 0.2) is 41.3 Å². The van der Waals surface area contributed by atoms with E-state index >= 15 is 0 Å². The summed E-state index contributed by atoms with van der Waals surface area (Å²) in [4.78, 5) is 23.6. The summed E-state index contributed by atoms with van der Waals surface area (Å²) in [5, 5.41) is 8.69. The van der Waals surface area contributed by atoms with E-state index in [1.165, 1.54) is 0 Å². The van der Waals surface area contributed by atoms with Crippen LogP contribution in [-0.2, 0) is 11.8 Å². The number of pyridine rings is 1. The van der Waals surface area contributed by atoms with Gasteiger partial charge in [0.2, 0.25) is 5.91 Å². The maximum Gasteiger partial charge on any atom is 0.222 e. The Morgan fingerprint density at radius 1 is 1.18 bits per heavy atom. The molecular weight excluding hydrogens is 484 g/mol. The Bertz CT molecular complexity index is 1320. The number of carbonyl (C=O) groups excluding carboxylic acids is 1. The van der Waals surface area contributed by atoms with Crippen LogP contribution < -0.4 is 5.73 Å². The number of nitrogens with two attached hydrogens (primary N) is 1. The van der Waals surface area contributed by atoms with Crippen molar-refractivity contribution in [2.75, 3.05) is 18.8 Å². The number of amides is 1. The summed E-state index contributed by atoms with van der Waals surface area (Å²) in [6.45, 7) is 3.38. The zero-order valence-corrected chi connectivity index (χ0v) is 20.2. The number of nitrogen functional groups attached to an aromatic ring is 1. The Labute approximate surface area is 199 Å². The van der Waals surface area contributed by atoms with E-state index in [4.69, 9.17) is 10.7 Å². The number of likely N-dealkylation sites (tertiary alicyclic amines) is 1. The predicted molar refractivity (Wildman–Crippen MR) is 129 cm³/mol. The fourth-order valence-corrected chi connectivity index (χ4v) is 5.02. The third-order valence-electron chi connectivity index (χ3n) is 6.34. The molecule has 0 radical (unpaired) electrons. The molecule has 2 N–H and O–H groups in total. The van der Waals surface area contributed by atoms with Crippen LogP contribution in [0.3, 0.4) is 0 Å². The molecule has 1 amide bonds. The van der Waals surface area contributed by atoms with Gasteiger partial charge in [-0.15, -0.1) is 0 Å². The first-order valence-electron chi connectivity index (χ1n) is 11.0. The van der Waals surface area contributed by atoms with Crippen molar-refractivity contribution in [3.8, 4) is 22.5 Å². The van der Waals surface area contributed by atoms with Crippen molar-refractivity contribution in [3.05, 3.63) is 47.0 Å². The van der Waals surface area contributed by atoms with Crippen LogP contribution in [0.4, 0.5) is 5.82 Å². The first-order chi connectivity index (χ1) is 16.0. The molecule has 5 heterocycles. The molecule has 5 rings (SSSR count). The summed E-state index contributed by atoms with van der Waals surface area (Å²) in [6, 6.07) is 5.92. The summed E-state index contributed by atoms with van der Waals surface area (Å²) < 4.78 is 4.23. The normalized spacial score (nSPS) is 14.8. The molecule has 10 heteroatoms. The number of carbonyl (C=O) groups is 1. The van der Waals surface area contributed by atoms with E-state index in [9.17, 15) is 4.79 Å². The number of aryl methyl sites for hydroxylation is 1. The Kier molecular flexibility index (Phi) is 5.61. The van der Waals surface area contributed by atoms with Gasteiger partial charge in [0.25, 0.3) is 0 Å². The fourth-order valence-electron chi connectivity index (χ4n) is 4.44. The molecule has 0 saturated carbocycles. The van der Waals surface area contributed by atoms with E-state index < -0.39 is 0 Å². The largest absolute Gasteiger partial charge is 0.383 e. The molecule has 0 aromatic carbocycles. The Morgan fingerprint density at radius 3 is 2.61 bits per heavy atom. The van der Waals surface area contributed by atoms with Gasteiger partial charge in [0.15, 0.2) is 5.65 Å². The zero-order chi connectivity index (χ0) is 23.1. The van der Waals surface area contributed by atoms with Gasteiger partial charge < -0.3 is 10.6 Å². The van der Waals surface area contributed by atoms with Gasteiger partial charge >= 0.3 is 0 Å². The molecule has 4 aromatic rings. The maximum absolute atomic E-state index is 12.0. The average molecular weight is 509 g/mol. The molecule has 1 aliphatic heterocycles. The summed E-state index contributed by atoms with van der Waals surface area (Å²) >= 11 is 3.65. The molecule has 1 fully saturated rings. The van der Waals surface area contributed by atoms with Crippen LogP contribution in [0.25, 0.3) is 28.2 Å². The minimum atomic E-state index is 0.204. The van der Waals surface area contributed by atoms with Crippen molar-refractivity contribution in [2.45, 2.75) is 32.1 Å². The van der Waals surface area contributed by atoms with E-state index in [1.54, 1.807) is 21.6 Å². The minimum absolute atomic E-state index is 0.204. The number of rotatable bonds is 4. The van der Waals surface area contributed by atoms with Crippen LogP contribution in [0.1, 0.15) is 37.8 Å². The Balaban J connectivity index is 1.49. The molecule has 1 aliphatic rings. The second-order valence-electron chi connectivity index (χ2n) is 8.27. The summed E-state index contributed by atoms with van der Waals surface area (Å²) in [6.07, 6.45) is 7.61. The van der Waals surface area contributed by atoms with E-state index in [-0.39, 0.29) is 11.8 Å². The van der Waals surface area contributed by atoms with Crippen LogP contribution >= 0.6 is 15.9 Å². The summed E-state index contributed by atoms with van der Waals surface area (Å²) in [5.74, 6) is 0.948. The van der Waals surface area contributed by atoms with Gasteiger partial charge in [0, 0.05) is 56.0 Å². The third-order valence-corrected chi connectivity index (χ3v) is 7.16. The molecule has 0 unspecified atom stereocenters. The van der Waals surface area contributed by atoms with Gasteiger partial charge in [-0.1, -0.05) is 13.0 Å². The SMILES string of the molecule is CCC(=O)N1CCC(c2nc3c(-c4ccc(-c5ccnn5C)nc4)cnn3c(N)c2Br)CC1. The number of hydrogen-bond donors (Lipinski definition) is 1. The van der Waals surface area contributed by atoms with Crippen molar-refractivity contribution in [2.24, 2.45) is 7.05 Å². The third kappa shape index (κ3) is 3.78. The lowest BCUT2D eigenvalue weighted by atomic mass is 9.93. The fraction of sp³-hybridized carbons (Fsp3) is 0.348. The highest BCUT2D eigenvalue weighted by molar-refractivity contribution is 9.10. The number of fused-ring (bicyclic) bond motifs is 1. The number of halogens is 1. The van der Waals surface area contributed by atoms with E-state index in [1.807, 2.05) is 43.3 Å². The van der Waals surface area contributed by atoms with Gasteiger partial charge in [-0.3, -0.25) is 14.5 Å². The smallest absolute Gasteiger partial charge is 0.222 e. The quantitative estimate of drug-likeness (QED) is 0.450. The van der Waals surface area contributed by atoms with Crippen LogP contribution in [0.2, 0.25) is 0 Å². The molecule has 9 nitrogen and oxygen atoms in total. The van der Waals surface area contributed by atoms with Gasteiger partial charge in [0.1, 0.15) is 5.82 Å². The number of piperidine rings is 1. The number of nitrogens with zero attached hydrogens (tertiary/aromatic N) is 7. The highest BCUT2D eigenvalue weighted by Gasteiger charge is 2.27. The van der Waals surface area contributed by atoms with Gasteiger partial charge in [-0.25, -0.2) is 4.98 Å². The van der Waals surface area contributed by atoms with Crippen LogP contribution in [0, 0.1) is 0 Å². The van der Waals surface area contributed by atoms with Crippen molar-refractivity contribution in [3.63, 3.8) is 0 Å². The monoisotopic (exact) mass is 508 g/mol. The lowest BCUT2D eigenvalue weighted by Crippen LogP contribution is -2.37. The second-order valence-corrected chi connectivity index (χ2v) is 9.06. The number of anilines is 1. The summed E-state index contributed by atoms with van der Waals surface area (Å²) in [7, 11) is 1.89. The number of hydrogen-bond acceptors (Lipinski definition) is 6. The molecule has 170 valence electrons. The van der Waals surface area contributed by atoms with E-state index in [2.05, 4.69) is 31.1 Å². The van der Waals surface area contributed by atoms with Gasteiger partial charge in [-0.2, -0.15) is 14.7 Å². The number of aromatic nitrogens is 6. The molecule has 0 bridgehead atoms. The molecule has 0 aliphatic carbocycles. The maximum atomic E-state index is 12.0. The highest BCUT2D eigenvalue weighted by atomic mass is 79.9. The molecule has 4 aromatic heterocycles. The Morgan fingerprint density at radius 2 is 1.97 bits per heavy atom. The van der Waals surface area contributed by atoms with E-state index in [0.717, 1.165) is 58.6 Å². The van der Waals surface area contributed by atoms with Crippen molar-refractivity contribution >= 4 is 33.3 Å². The van der Waals surface area contributed by atoms with Crippen LogP contribution in [-0.4, -0.2) is 53.3 Å². The first-order valence-corrected chi connectivity index (χ1v) is 11.8. The lowest BCUT2D eigenvalue weighted by molar-refractivity contribution is -0.131. The van der Waals surface area contributed by atoms with Crippen LogP contribution in [0.5, 0.6) is 0 Å². The molecule has 0 atom stereocenters. The molecular formula is C23H25BrN8O. The Hall–Kier alpha value is -3.27. The van der Waals surface area contributed by atoms with Crippen molar-refractivity contribution in [1.82, 2.24) is 34.3 Å². The average Bonchev–Trinajstić information content (AvgIpc) is 3.47.